The number of nitrogens with one attached hydrogen (secondary N) is 1. The first-order valence-corrected chi connectivity index (χ1v) is 9.72. The first-order chi connectivity index (χ1) is 12.5. The van der Waals surface area contributed by atoms with Crippen molar-refractivity contribution < 1.29 is 4.92 Å². The van der Waals surface area contributed by atoms with Gasteiger partial charge in [-0.25, -0.2) is 4.98 Å². The van der Waals surface area contributed by atoms with Crippen LogP contribution in [0.5, 0.6) is 0 Å². The number of nitrogens with zero attached hydrogens (tertiary/aromatic N) is 3. The van der Waals surface area contributed by atoms with E-state index < -0.39 is 4.92 Å². The summed E-state index contributed by atoms with van der Waals surface area (Å²) in [4.78, 5) is 21.7. The van der Waals surface area contributed by atoms with E-state index in [4.69, 9.17) is 11.6 Å². The van der Waals surface area contributed by atoms with Gasteiger partial charge in [-0.1, -0.05) is 12.5 Å². The number of hydrogen-bond acceptors (Lipinski definition) is 6. The van der Waals surface area contributed by atoms with Crippen LogP contribution in [0.25, 0.3) is 10.2 Å². The zero-order valence-corrected chi connectivity index (χ0v) is 15.8. The van der Waals surface area contributed by atoms with Crippen LogP contribution >= 0.6 is 22.9 Å². The van der Waals surface area contributed by atoms with E-state index in [9.17, 15) is 10.1 Å². The van der Waals surface area contributed by atoms with E-state index in [1.165, 1.54) is 35.4 Å². The lowest BCUT2D eigenvalue weighted by Crippen LogP contribution is -2.00. The summed E-state index contributed by atoms with van der Waals surface area (Å²) in [5, 5.41) is 15.6. The average molecular weight is 389 g/mol. The molecule has 0 saturated carbocycles. The fourth-order valence-electron chi connectivity index (χ4n) is 3.38. The number of non-ortho nitro benzene ring substituents is 1. The molecule has 0 aliphatic heterocycles. The molecule has 26 heavy (non-hydrogen) atoms. The Kier molecular flexibility index (Phi) is 4.50. The highest BCUT2D eigenvalue weighted by Crippen LogP contribution is 2.39. The van der Waals surface area contributed by atoms with Gasteiger partial charge in [0.15, 0.2) is 0 Å². The number of anilines is 2. The number of nitro groups is 1. The first kappa shape index (κ1) is 17.2. The molecule has 1 aliphatic carbocycles. The van der Waals surface area contributed by atoms with Crippen LogP contribution in [-0.4, -0.2) is 14.9 Å². The van der Waals surface area contributed by atoms with E-state index >= 15 is 0 Å². The smallest absolute Gasteiger partial charge is 0.271 e. The van der Waals surface area contributed by atoms with Gasteiger partial charge in [0.2, 0.25) is 5.28 Å². The van der Waals surface area contributed by atoms with Gasteiger partial charge in [-0.15, -0.1) is 11.3 Å². The maximum absolute atomic E-state index is 11.1. The molecule has 1 N–H and O–H groups in total. The lowest BCUT2D eigenvalue weighted by Gasteiger charge is -2.11. The van der Waals surface area contributed by atoms with Crippen LogP contribution in [0.1, 0.15) is 35.3 Å². The average Bonchev–Trinajstić information content (AvgIpc) is 2.78. The van der Waals surface area contributed by atoms with Crippen molar-refractivity contribution >= 4 is 50.3 Å². The largest absolute Gasteiger partial charge is 0.339 e. The van der Waals surface area contributed by atoms with Crippen molar-refractivity contribution in [1.82, 2.24) is 9.97 Å². The lowest BCUT2D eigenvalue weighted by molar-refractivity contribution is -0.384. The molecule has 0 bridgehead atoms. The molecule has 0 unspecified atom stereocenters. The summed E-state index contributed by atoms with van der Waals surface area (Å²) in [6, 6.07) is 4.76. The van der Waals surface area contributed by atoms with Gasteiger partial charge in [-0.3, -0.25) is 10.1 Å². The van der Waals surface area contributed by atoms with E-state index in [1.54, 1.807) is 17.4 Å². The number of aromatic nitrogens is 2. The van der Waals surface area contributed by atoms with Gasteiger partial charge in [-0.05, 0) is 55.3 Å². The molecule has 1 aliphatic rings. The maximum Gasteiger partial charge on any atom is 0.271 e. The van der Waals surface area contributed by atoms with Crippen molar-refractivity contribution in [2.45, 2.75) is 39.0 Å². The highest BCUT2D eigenvalue weighted by Gasteiger charge is 2.21. The number of halogens is 1. The molecule has 0 atom stereocenters. The standard InChI is InChI=1S/C18H17ClN4O2S/c1-10-7-8-11(23(24)25)9-13(10)20-16-15-12-5-3-2-4-6-14(12)26-17(15)22-18(19)21-16/h7-9H,2-6H2,1H3,(H,20,21,22). The molecule has 2 aromatic heterocycles. The molecule has 0 fully saturated rings. The normalized spacial score (nSPS) is 14.1. The highest BCUT2D eigenvalue weighted by molar-refractivity contribution is 7.19. The molecule has 1 aromatic carbocycles. The van der Waals surface area contributed by atoms with Crippen LogP contribution < -0.4 is 5.32 Å². The molecule has 0 spiro atoms. The van der Waals surface area contributed by atoms with Crippen molar-refractivity contribution in [3.8, 4) is 0 Å². The molecular weight excluding hydrogens is 372 g/mol. The molecule has 0 radical (unpaired) electrons. The zero-order valence-electron chi connectivity index (χ0n) is 14.2. The Hall–Kier alpha value is -2.25. The van der Waals surface area contributed by atoms with E-state index in [2.05, 4.69) is 15.3 Å². The number of rotatable bonds is 3. The van der Waals surface area contributed by atoms with Gasteiger partial charge in [0.05, 0.1) is 10.3 Å². The summed E-state index contributed by atoms with van der Waals surface area (Å²) in [6.07, 6.45) is 5.63. The maximum atomic E-state index is 11.1. The number of hydrogen-bond donors (Lipinski definition) is 1. The molecule has 4 rings (SSSR count). The third kappa shape index (κ3) is 3.12. The Morgan fingerprint density at radius 3 is 2.85 bits per heavy atom. The molecule has 134 valence electrons. The van der Waals surface area contributed by atoms with Crippen LogP contribution in [0.3, 0.4) is 0 Å². The molecule has 6 nitrogen and oxygen atoms in total. The fraction of sp³-hybridized carbons (Fsp3) is 0.333. The van der Waals surface area contributed by atoms with Crippen LogP contribution in [0.2, 0.25) is 5.28 Å². The van der Waals surface area contributed by atoms with Gasteiger partial charge < -0.3 is 5.32 Å². The predicted octanol–water partition coefficient (Wildman–Crippen LogP) is 5.57. The number of thiophene rings is 1. The zero-order chi connectivity index (χ0) is 18.3. The third-order valence-corrected chi connectivity index (χ3v) is 6.08. The van der Waals surface area contributed by atoms with E-state index in [1.807, 2.05) is 6.92 Å². The van der Waals surface area contributed by atoms with Crippen molar-refractivity contribution in [2.75, 3.05) is 5.32 Å². The summed E-state index contributed by atoms with van der Waals surface area (Å²) in [5.74, 6) is 0.628. The summed E-state index contributed by atoms with van der Waals surface area (Å²) in [5.41, 5.74) is 2.90. The van der Waals surface area contributed by atoms with Gasteiger partial charge in [0, 0.05) is 22.7 Å². The quantitative estimate of drug-likeness (QED) is 0.274. The minimum Gasteiger partial charge on any atom is -0.339 e. The predicted molar refractivity (Wildman–Crippen MR) is 105 cm³/mol. The topological polar surface area (TPSA) is 81.0 Å². The molecule has 8 heteroatoms. The molecule has 0 amide bonds. The van der Waals surface area contributed by atoms with E-state index in [0.717, 1.165) is 35.0 Å². The Morgan fingerprint density at radius 1 is 1.23 bits per heavy atom. The van der Waals surface area contributed by atoms with Crippen LogP contribution in [0.4, 0.5) is 17.2 Å². The minimum absolute atomic E-state index is 0.0404. The summed E-state index contributed by atoms with van der Waals surface area (Å²) in [7, 11) is 0. The monoisotopic (exact) mass is 388 g/mol. The van der Waals surface area contributed by atoms with Crippen molar-refractivity contribution in [3.63, 3.8) is 0 Å². The Bertz CT molecular complexity index is 1020. The lowest BCUT2D eigenvalue weighted by atomic mass is 10.1. The second-order valence-electron chi connectivity index (χ2n) is 6.47. The van der Waals surface area contributed by atoms with Crippen molar-refractivity contribution in [3.05, 3.63) is 49.6 Å². The number of benzene rings is 1. The summed E-state index contributed by atoms with van der Waals surface area (Å²) >= 11 is 7.82. The van der Waals surface area contributed by atoms with Gasteiger partial charge in [-0.2, -0.15) is 4.98 Å². The second kappa shape index (κ2) is 6.81. The van der Waals surface area contributed by atoms with Gasteiger partial charge in [0.25, 0.3) is 5.69 Å². The van der Waals surface area contributed by atoms with Gasteiger partial charge >= 0.3 is 0 Å². The van der Waals surface area contributed by atoms with Crippen LogP contribution in [0.15, 0.2) is 18.2 Å². The molecule has 0 saturated heterocycles. The summed E-state index contributed by atoms with van der Waals surface area (Å²) in [6.45, 7) is 1.90. The number of fused-ring (bicyclic) bond motifs is 3. The van der Waals surface area contributed by atoms with Crippen molar-refractivity contribution in [2.24, 2.45) is 0 Å². The molecule has 3 aromatic rings. The fourth-order valence-corrected chi connectivity index (χ4v) is 4.86. The second-order valence-corrected chi connectivity index (χ2v) is 7.89. The Balaban J connectivity index is 1.85. The van der Waals surface area contributed by atoms with E-state index in [-0.39, 0.29) is 11.0 Å². The minimum atomic E-state index is -0.399. The van der Waals surface area contributed by atoms with E-state index in [0.29, 0.717) is 11.5 Å². The van der Waals surface area contributed by atoms with Crippen molar-refractivity contribution in [1.29, 1.82) is 0 Å². The molecule has 2 heterocycles. The number of aryl methyl sites for hydroxylation is 3. The Labute approximate surface area is 159 Å². The number of nitro benzene ring substituents is 1. The molecular formula is C18H17ClN4O2S. The summed E-state index contributed by atoms with van der Waals surface area (Å²) < 4.78 is 0. The van der Waals surface area contributed by atoms with Crippen LogP contribution in [0, 0.1) is 17.0 Å². The Morgan fingerprint density at radius 2 is 2.04 bits per heavy atom. The van der Waals surface area contributed by atoms with Crippen LogP contribution in [-0.2, 0) is 12.8 Å². The third-order valence-electron chi connectivity index (χ3n) is 4.72. The van der Waals surface area contributed by atoms with Gasteiger partial charge in [0.1, 0.15) is 10.6 Å². The first-order valence-electron chi connectivity index (χ1n) is 8.53. The highest BCUT2D eigenvalue weighted by atomic mass is 35.5. The SMILES string of the molecule is Cc1ccc([N+](=O)[O-])cc1Nc1nc(Cl)nc2sc3c(c12)CCCCC3.